The third-order valence-corrected chi connectivity index (χ3v) is 5.05. The van der Waals surface area contributed by atoms with Crippen LogP contribution in [-0.2, 0) is 6.54 Å². The fourth-order valence-corrected chi connectivity index (χ4v) is 3.75. The van der Waals surface area contributed by atoms with E-state index in [0.717, 1.165) is 42.9 Å². The van der Waals surface area contributed by atoms with Gasteiger partial charge in [0.1, 0.15) is 5.82 Å². The molecule has 3 nitrogen and oxygen atoms in total. The van der Waals surface area contributed by atoms with Crippen molar-refractivity contribution in [3.8, 4) is 0 Å². The normalized spacial score (nSPS) is 19.4. The average molecular weight is 293 g/mol. The van der Waals surface area contributed by atoms with Crippen LogP contribution in [0.1, 0.15) is 37.9 Å². The van der Waals surface area contributed by atoms with Crippen LogP contribution in [-0.4, -0.2) is 35.6 Å². The first kappa shape index (κ1) is 15.6. The van der Waals surface area contributed by atoms with Crippen LogP contribution in [0.4, 0.5) is 5.82 Å². The van der Waals surface area contributed by atoms with Gasteiger partial charge in [0.15, 0.2) is 0 Å². The summed E-state index contributed by atoms with van der Waals surface area (Å²) in [6.07, 6.45) is 2.43. The molecule has 112 valence electrons. The summed E-state index contributed by atoms with van der Waals surface area (Å²) in [6.45, 7) is 10.9. The van der Waals surface area contributed by atoms with Crippen molar-refractivity contribution in [1.82, 2.24) is 10.3 Å². The van der Waals surface area contributed by atoms with Gasteiger partial charge in [0.05, 0.1) is 0 Å². The first-order valence-electron chi connectivity index (χ1n) is 7.77. The molecule has 1 aliphatic heterocycles. The van der Waals surface area contributed by atoms with E-state index in [0.29, 0.717) is 0 Å². The van der Waals surface area contributed by atoms with E-state index in [-0.39, 0.29) is 0 Å². The van der Waals surface area contributed by atoms with Crippen LogP contribution in [0, 0.1) is 6.92 Å². The first-order chi connectivity index (χ1) is 9.72. The zero-order valence-corrected chi connectivity index (χ0v) is 13.8. The van der Waals surface area contributed by atoms with Crippen LogP contribution in [0.5, 0.6) is 0 Å². The molecule has 0 aliphatic carbocycles. The van der Waals surface area contributed by atoms with Crippen molar-refractivity contribution in [3.63, 3.8) is 0 Å². The zero-order valence-electron chi connectivity index (χ0n) is 13.0. The van der Waals surface area contributed by atoms with Crippen molar-refractivity contribution in [3.05, 3.63) is 23.4 Å². The Morgan fingerprint density at radius 2 is 2.25 bits per heavy atom. The van der Waals surface area contributed by atoms with Gasteiger partial charge >= 0.3 is 0 Å². The largest absolute Gasteiger partial charge is 0.355 e. The molecular weight excluding hydrogens is 266 g/mol. The molecule has 1 aromatic heterocycles. The van der Waals surface area contributed by atoms with Crippen LogP contribution in [0.2, 0.25) is 0 Å². The molecule has 2 heterocycles. The molecule has 0 saturated carbocycles. The van der Waals surface area contributed by atoms with Crippen LogP contribution >= 0.6 is 11.8 Å². The van der Waals surface area contributed by atoms with Crippen molar-refractivity contribution < 1.29 is 0 Å². The number of aromatic nitrogens is 1. The monoisotopic (exact) mass is 293 g/mol. The second-order valence-corrected chi connectivity index (χ2v) is 6.91. The van der Waals surface area contributed by atoms with Gasteiger partial charge in [0.2, 0.25) is 0 Å². The number of aryl methyl sites for hydroxylation is 1. The fourth-order valence-electron chi connectivity index (χ4n) is 2.57. The second kappa shape index (κ2) is 7.89. The lowest BCUT2D eigenvalue weighted by Gasteiger charge is -2.33. The molecule has 1 atom stereocenters. The summed E-state index contributed by atoms with van der Waals surface area (Å²) < 4.78 is 0. The van der Waals surface area contributed by atoms with Gasteiger partial charge in [0, 0.05) is 36.3 Å². The number of nitrogens with zero attached hydrogens (tertiary/aromatic N) is 2. The molecule has 0 amide bonds. The molecule has 4 heteroatoms. The molecule has 1 aromatic rings. The number of anilines is 1. The lowest BCUT2D eigenvalue weighted by Crippen LogP contribution is -2.38. The molecule has 1 unspecified atom stereocenters. The van der Waals surface area contributed by atoms with Crippen molar-refractivity contribution in [1.29, 1.82) is 0 Å². The Hall–Kier alpha value is -0.740. The minimum absolute atomic E-state index is 0.757. The smallest absolute Gasteiger partial charge is 0.129 e. The van der Waals surface area contributed by atoms with Gasteiger partial charge in [-0.2, -0.15) is 11.8 Å². The Balaban J connectivity index is 2.06. The highest BCUT2D eigenvalue weighted by atomic mass is 32.2. The van der Waals surface area contributed by atoms with Crippen LogP contribution in [0.15, 0.2) is 12.1 Å². The minimum Gasteiger partial charge on any atom is -0.355 e. The summed E-state index contributed by atoms with van der Waals surface area (Å²) in [5.74, 6) is 2.38. The molecule has 20 heavy (non-hydrogen) atoms. The van der Waals surface area contributed by atoms with E-state index in [1.807, 2.05) is 0 Å². The van der Waals surface area contributed by atoms with E-state index in [1.165, 1.54) is 24.2 Å². The maximum absolute atomic E-state index is 4.74. The average Bonchev–Trinajstić information content (AvgIpc) is 2.47. The molecule has 1 fully saturated rings. The molecular formula is C16H27N3S. The fraction of sp³-hybridized carbons (Fsp3) is 0.688. The van der Waals surface area contributed by atoms with E-state index >= 15 is 0 Å². The third kappa shape index (κ3) is 4.38. The summed E-state index contributed by atoms with van der Waals surface area (Å²) in [5.41, 5.74) is 2.48. The molecule has 0 bridgehead atoms. The Kier molecular flexibility index (Phi) is 6.17. The van der Waals surface area contributed by atoms with Crippen LogP contribution in [0.25, 0.3) is 0 Å². The maximum Gasteiger partial charge on any atom is 0.129 e. The molecule has 0 radical (unpaired) electrons. The van der Waals surface area contributed by atoms with Gasteiger partial charge in [-0.05, 0) is 44.0 Å². The number of nitrogens with one attached hydrogen (secondary N) is 1. The Morgan fingerprint density at radius 1 is 1.40 bits per heavy atom. The van der Waals surface area contributed by atoms with Crippen molar-refractivity contribution in [2.24, 2.45) is 0 Å². The summed E-state index contributed by atoms with van der Waals surface area (Å²) in [5, 5.41) is 4.24. The predicted molar refractivity (Wildman–Crippen MR) is 89.7 cm³/mol. The van der Waals surface area contributed by atoms with Gasteiger partial charge in [-0.1, -0.05) is 13.8 Å². The number of hydrogen-bond donors (Lipinski definition) is 1. The highest BCUT2D eigenvalue weighted by molar-refractivity contribution is 8.00. The Bertz CT molecular complexity index is 422. The van der Waals surface area contributed by atoms with Crippen molar-refractivity contribution >= 4 is 17.6 Å². The zero-order chi connectivity index (χ0) is 14.4. The van der Waals surface area contributed by atoms with Crippen molar-refractivity contribution in [2.45, 2.75) is 45.4 Å². The third-order valence-electron chi connectivity index (χ3n) is 3.67. The number of pyridine rings is 1. The Morgan fingerprint density at radius 3 is 3.00 bits per heavy atom. The minimum atomic E-state index is 0.757. The maximum atomic E-state index is 4.74. The van der Waals surface area contributed by atoms with E-state index in [2.05, 4.69) is 54.9 Å². The van der Waals surface area contributed by atoms with E-state index in [9.17, 15) is 0 Å². The quantitative estimate of drug-likeness (QED) is 0.815. The molecule has 1 saturated heterocycles. The van der Waals surface area contributed by atoms with Gasteiger partial charge in [-0.25, -0.2) is 4.98 Å². The molecule has 1 aliphatic rings. The number of thioether (sulfide) groups is 1. The van der Waals surface area contributed by atoms with Gasteiger partial charge in [-0.3, -0.25) is 0 Å². The second-order valence-electron chi connectivity index (χ2n) is 5.50. The molecule has 0 spiro atoms. The molecule has 2 rings (SSSR count). The van der Waals surface area contributed by atoms with Crippen molar-refractivity contribution in [2.75, 3.05) is 30.3 Å². The highest BCUT2D eigenvalue weighted by Crippen LogP contribution is 2.25. The van der Waals surface area contributed by atoms with Gasteiger partial charge in [0.25, 0.3) is 0 Å². The van der Waals surface area contributed by atoms with E-state index in [4.69, 9.17) is 4.98 Å². The predicted octanol–water partition coefficient (Wildman–Crippen LogP) is 3.22. The molecule has 1 N–H and O–H groups in total. The summed E-state index contributed by atoms with van der Waals surface area (Å²) in [7, 11) is 0. The summed E-state index contributed by atoms with van der Waals surface area (Å²) >= 11 is 2.11. The number of hydrogen-bond acceptors (Lipinski definition) is 4. The number of rotatable bonds is 6. The standard InChI is InChI=1S/C16H27N3S/c1-4-6-17-11-14-9-13(3)18-16(10-14)19-7-8-20-15(5-2)12-19/h9-10,15,17H,4-8,11-12H2,1-3H3. The summed E-state index contributed by atoms with van der Waals surface area (Å²) in [4.78, 5) is 7.20. The lowest BCUT2D eigenvalue weighted by molar-refractivity contribution is 0.672. The van der Waals surface area contributed by atoms with Gasteiger partial charge < -0.3 is 10.2 Å². The lowest BCUT2D eigenvalue weighted by atomic mass is 10.2. The summed E-state index contributed by atoms with van der Waals surface area (Å²) in [6, 6.07) is 4.46. The Labute approximate surface area is 127 Å². The topological polar surface area (TPSA) is 28.2 Å². The van der Waals surface area contributed by atoms with E-state index < -0.39 is 0 Å². The molecule has 0 aromatic carbocycles. The SMILES string of the molecule is CCCNCc1cc(C)nc(N2CCSC(CC)C2)c1. The van der Waals surface area contributed by atoms with Gasteiger partial charge in [-0.15, -0.1) is 0 Å². The van der Waals surface area contributed by atoms with Crippen LogP contribution < -0.4 is 10.2 Å². The van der Waals surface area contributed by atoms with Crippen LogP contribution in [0.3, 0.4) is 0 Å². The van der Waals surface area contributed by atoms with E-state index in [1.54, 1.807) is 0 Å². The first-order valence-corrected chi connectivity index (χ1v) is 8.82. The highest BCUT2D eigenvalue weighted by Gasteiger charge is 2.20.